The maximum absolute atomic E-state index is 10.6. The molecule has 0 atom stereocenters. The van der Waals surface area contributed by atoms with Gasteiger partial charge in [0.25, 0.3) is 5.69 Å². The second-order valence-electron chi connectivity index (χ2n) is 3.82. The molecule has 1 aromatic heterocycles. The van der Waals surface area contributed by atoms with Crippen molar-refractivity contribution in [3.63, 3.8) is 0 Å². The number of hydrogen-bond donors (Lipinski definition) is 1. The summed E-state index contributed by atoms with van der Waals surface area (Å²) in [6, 6.07) is 11.9. The summed E-state index contributed by atoms with van der Waals surface area (Å²) >= 11 is 0. The summed E-state index contributed by atoms with van der Waals surface area (Å²) in [4.78, 5) is 14.2. The Morgan fingerprint density at radius 3 is 2.95 bits per heavy atom. The van der Waals surface area contributed by atoms with Crippen molar-refractivity contribution in [3.05, 3.63) is 63.8 Å². The Bertz CT molecular complexity index is 649. The van der Waals surface area contributed by atoms with E-state index in [1.807, 2.05) is 6.07 Å². The van der Waals surface area contributed by atoms with Crippen molar-refractivity contribution in [2.75, 3.05) is 5.32 Å². The van der Waals surface area contributed by atoms with E-state index in [0.717, 1.165) is 5.56 Å². The van der Waals surface area contributed by atoms with Crippen LogP contribution in [0.3, 0.4) is 0 Å². The first kappa shape index (κ1) is 12.5. The molecule has 0 spiro atoms. The van der Waals surface area contributed by atoms with E-state index in [0.29, 0.717) is 17.9 Å². The average molecular weight is 254 g/mol. The van der Waals surface area contributed by atoms with E-state index < -0.39 is 4.92 Å². The van der Waals surface area contributed by atoms with E-state index in [2.05, 4.69) is 16.4 Å². The smallest absolute Gasteiger partial charge is 0.274 e. The quantitative estimate of drug-likeness (QED) is 0.668. The number of pyridine rings is 1. The zero-order valence-corrected chi connectivity index (χ0v) is 9.91. The maximum Gasteiger partial charge on any atom is 0.274 e. The summed E-state index contributed by atoms with van der Waals surface area (Å²) in [6.07, 6.45) is 1.38. The van der Waals surface area contributed by atoms with Gasteiger partial charge in [0.05, 0.1) is 22.6 Å². The van der Waals surface area contributed by atoms with Gasteiger partial charge in [-0.15, -0.1) is 0 Å². The lowest BCUT2D eigenvalue weighted by molar-refractivity contribution is -0.384. The van der Waals surface area contributed by atoms with Crippen LogP contribution in [-0.2, 0) is 6.54 Å². The van der Waals surface area contributed by atoms with Gasteiger partial charge in [-0.05, 0) is 17.7 Å². The first-order valence-corrected chi connectivity index (χ1v) is 5.52. The molecular formula is C13H10N4O2. The van der Waals surface area contributed by atoms with Gasteiger partial charge in [0.2, 0.25) is 0 Å². The standard InChI is InChI=1S/C13H10N4O2/c14-8-10-2-1-3-11(6-10)9-16-13-7-12(17(18)19)4-5-15-13/h1-7H,9H2,(H,15,16). The van der Waals surface area contributed by atoms with E-state index in [1.54, 1.807) is 18.2 Å². The minimum Gasteiger partial charge on any atom is -0.366 e. The Morgan fingerprint density at radius 1 is 1.37 bits per heavy atom. The molecule has 94 valence electrons. The van der Waals surface area contributed by atoms with Crippen LogP contribution in [0.25, 0.3) is 0 Å². The van der Waals surface area contributed by atoms with Crippen LogP contribution in [0, 0.1) is 21.4 Å². The predicted octanol–water partition coefficient (Wildman–Crippen LogP) is 2.47. The molecule has 0 aliphatic carbocycles. The largest absolute Gasteiger partial charge is 0.366 e. The van der Waals surface area contributed by atoms with E-state index in [9.17, 15) is 10.1 Å². The molecule has 2 aromatic rings. The number of benzene rings is 1. The van der Waals surface area contributed by atoms with Crippen LogP contribution in [0.15, 0.2) is 42.6 Å². The monoisotopic (exact) mass is 254 g/mol. The van der Waals surface area contributed by atoms with Crippen LogP contribution in [0.1, 0.15) is 11.1 Å². The highest BCUT2D eigenvalue weighted by atomic mass is 16.6. The average Bonchev–Trinajstić information content (AvgIpc) is 2.45. The van der Waals surface area contributed by atoms with Gasteiger partial charge >= 0.3 is 0 Å². The molecule has 0 saturated heterocycles. The molecule has 0 radical (unpaired) electrons. The molecule has 0 saturated carbocycles. The van der Waals surface area contributed by atoms with Crippen molar-refractivity contribution in [1.82, 2.24) is 4.98 Å². The fourth-order valence-electron chi connectivity index (χ4n) is 1.57. The SMILES string of the molecule is N#Cc1cccc(CNc2cc([N+](=O)[O-])ccn2)c1. The summed E-state index contributed by atoms with van der Waals surface area (Å²) in [5.74, 6) is 0.427. The summed E-state index contributed by atoms with van der Waals surface area (Å²) < 4.78 is 0. The summed E-state index contributed by atoms with van der Waals surface area (Å²) in [5, 5.41) is 22.4. The van der Waals surface area contributed by atoms with Crippen LogP contribution in [0.2, 0.25) is 0 Å². The van der Waals surface area contributed by atoms with Gasteiger partial charge in [0.1, 0.15) is 5.82 Å². The lowest BCUT2D eigenvalue weighted by Crippen LogP contribution is -2.02. The Balaban J connectivity index is 2.08. The Morgan fingerprint density at radius 2 is 2.21 bits per heavy atom. The number of nitrogens with zero attached hydrogens (tertiary/aromatic N) is 3. The highest BCUT2D eigenvalue weighted by molar-refractivity contribution is 5.45. The predicted molar refractivity (Wildman–Crippen MR) is 69.4 cm³/mol. The third-order valence-electron chi connectivity index (χ3n) is 2.48. The Kier molecular flexibility index (Phi) is 3.69. The molecule has 19 heavy (non-hydrogen) atoms. The number of anilines is 1. The number of nitrogens with one attached hydrogen (secondary N) is 1. The topological polar surface area (TPSA) is 91.8 Å². The van der Waals surface area contributed by atoms with Gasteiger partial charge in [-0.3, -0.25) is 10.1 Å². The van der Waals surface area contributed by atoms with Gasteiger partial charge in [-0.1, -0.05) is 12.1 Å². The molecule has 1 N–H and O–H groups in total. The molecule has 0 bridgehead atoms. The van der Waals surface area contributed by atoms with Crippen molar-refractivity contribution in [3.8, 4) is 6.07 Å². The van der Waals surface area contributed by atoms with E-state index in [-0.39, 0.29) is 5.69 Å². The van der Waals surface area contributed by atoms with Crippen LogP contribution in [0.4, 0.5) is 11.5 Å². The van der Waals surface area contributed by atoms with Crippen molar-refractivity contribution in [1.29, 1.82) is 5.26 Å². The van der Waals surface area contributed by atoms with E-state index in [4.69, 9.17) is 5.26 Å². The van der Waals surface area contributed by atoms with Crippen molar-refractivity contribution >= 4 is 11.5 Å². The van der Waals surface area contributed by atoms with Crippen LogP contribution in [-0.4, -0.2) is 9.91 Å². The summed E-state index contributed by atoms with van der Waals surface area (Å²) in [5.41, 5.74) is 1.47. The molecule has 0 unspecified atom stereocenters. The van der Waals surface area contributed by atoms with Gasteiger partial charge in [0.15, 0.2) is 0 Å². The first-order valence-electron chi connectivity index (χ1n) is 5.52. The van der Waals surface area contributed by atoms with Crippen molar-refractivity contribution in [2.45, 2.75) is 6.54 Å². The minimum absolute atomic E-state index is 0.0109. The van der Waals surface area contributed by atoms with Gasteiger partial charge in [0, 0.05) is 18.8 Å². The van der Waals surface area contributed by atoms with Crippen LogP contribution >= 0.6 is 0 Å². The highest BCUT2D eigenvalue weighted by Crippen LogP contribution is 2.15. The number of hydrogen-bond acceptors (Lipinski definition) is 5. The van der Waals surface area contributed by atoms with Crippen molar-refractivity contribution in [2.24, 2.45) is 0 Å². The first-order chi connectivity index (χ1) is 9.19. The van der Waals surface area contributed by atoms with Gasteiger partial charge in [-0.25, -0.2) is 4.98 Å². The van der Waals surface area contributed by atoms with Gasteiger partial charge < -0.3 is 5.32 Å². The lowest BCUT2D eigenvalue weighted by atomic mass is 10.1. The van der Waals surface area contributed by atoms with Crippen LogP contribution < -0.4 is 5.32 Å². The van der Waals surface area contributed by atoms with Crippen molar-refractivity contribution < 1.29 is 4.92 Å². The minimum atomic E-state index is -0.469. The third kappa shape index (κ3) is 3.26. The number of aromatic nitrogens is 1. The van der Waals surface area contributed by atoms with E-state index in [1.165, 1.54) is 18.3 Å². The van der Waals surface area contributed by atoms with Gasteiger partial charge in [-0.2, -0.15) is 5.26 Å². The highest BCUT2D eigenvalue weighted by Gasteiger charge is 2.06. The lowest BCUT2D eigenvalue weighted by Gasteiger charge is -2.05. The fourth-order valence-corrected chi connectivity index (χ4v) is 1.57. The molecule has 6 heteroatoms. The third-order valence-corrected chi connectivity index (χ3v) is 2.48. The van der Waals surface area contributed by atoms with E-state index >= 15 is 0 Å². The summed E-state index contributed by atoms with van der Waals surface area (Å²) in [7, 11) is 0. The molecular weight excluding hydrogens is 244 g/mol. The number of nitro groups is 1. The maximum atomic E-state index is 10.6. The molecule has 1 heterocycles. The zero-order valence-electron chi connectivity index (χ0n) is 9.91. The second-order valence-corrected chi connectivity index (χ2v) is 3.82. The zero-order chi connectivity index (χ0) is 13.7. The molecule has 1 aromatic carbocycles. The molecule has 6 nitrogen and oxygen atoms in total. The number of rotatable bonds is 4. The number of nitriles is 1. The molecule has 0 aliphatic rings. The summed E-state index contributed by atoms with van der Waals surface area (Å²) in [6.45, 7) is 0.448. The fraction of sp³-hybridized carbons (Fsp3) is 0.0769. The molecule has 0 amide bonds. The molecule has 0 aliphatic heterocycles. The normalized spacial score (nSPS) is 9.63. The molecule has 2 rings (SSSR count). The second kappa shape index (κ2) is 5.60. The molecule has 0 fully saturated rings. The van der Waals surface area contributed by atoms with Crippen LogP contribution in [0.5, 0.6) is 0 Å². The Hall–Kier alpha value is -2.94. The Labute approximate surface area is 109 Å².